The molecule has 0 saturated carbocycles. The zero-order valence-electron chi connectivity index (χ0n) is 16.4. The van der Waals surface area contributed by atoms with Crippen LogP contribution >= 0.6 is 11.3 Å². The van der Waals surface area contributed by atoms with Crippen molar-refractivity contribution in [2.75, 3.05) is 13.1 Å². The molecule has 1 aromatic carbocycles. The van der Waals surface area contributed by atoms with Crippen molar-refractivity contribution in [2.24, 2.45) is 0 Å². The molecule has 3 rings (SSSR count). The van der Waals surface area contributed by atoms with Crippen LogP contribution in [0.5, 0.6) is 0 Å². The molecule has 6 heteroatoms. The van der Waals surface area contributed by atoms with Crippen molar-refractivity contribution >= 4 is 23.2 Å². The first-order valence-electron chi connectivity index (χ1n) is 9.39. The van der Waals surface area contributed by atoms with Gasteiger partial charge in [-0.15, -0.1) is 11.3 Å². The predicted molar refractivity (Wildman–Crippen MR) is 108 cm³/mol. The fourth-order valence-corrected chi connectivity index (χ4v) is 4.89. The van der Waals surface area contributed by atoms with Crippen LogP contribution in [0.15, 0.2) is 30.3 Å². The van der Waals surface area contributed by atoms with Gasteiger partial charge in [-0.2, -0.15) is 0 Å². The van der Waals surface area contributed by atoms with E-state index in [0.29, 0.717) is 25.9 Å². The Bertz CT molecular complexity index is 823. The quantitative estimate of drug-likeness (QED) is 0.876. The standard InChI is InChI=1S/C21H27N3O2S/c1-14-19(27-16(3)22-14)15(2)23-20(26)21(18-8-6-5-7-9-18)10-12-24(13-11-21)17(4)25/h5-9,15H,10-13H2,1-4H3,(H,23,26)/t15-/m1/s1. The summed E-state index contributed by atoms with van der Waals surface area (Å²) in [5.74, 6) is 0.107. The van der Waals surface area contributed by atoms with Crippen LogP contribution < -0.4 is 5.32 Å². The highest BCUT2D eigenvalue weighted by Crippen LogP contribution is 2.37. The van der Waals surface area contributed by atoms with Crippen LogP contribution in [-0.2, 0) is 15.0 Å². The van der Waals surface area contributed by atoms with Gasteiger partial charge in [-0.1, -0.05) is 30.3 Å². The Morgan fingerprint density at radius 2 is 1.81 bits per heavy atom. The Labute approximate surface area is 164 Å². The molecule has 0 bridgehead atoms. The van der Waals surface area contributed by atoms with E-state index >= 15 is 0 Å². The molecule has 1 atom stereocenters. The SMILES string of the molecule is CC(=O)N1CCC(C(=O)N[C@H](C)c2sc(C)nc2C)(c2ccccc2)CC1. The van der Waals surface area contributed by atoms with Crippen LogP contribution in [-0.4, -0.2) is 34.8 Å². The van der Waals surface area contributed by atoms with E-state index < -0.39 is 5.41 Å². The minimum atomic E-state index is -0.602. The molecule has 0 radical (unpaired) electrons. The van der Waals surface area contributed by atoms with Gasteiger partial charge in [0.05, 0.1) is 22.2 Å². The molecule has 144 valence electrons. The molecule has 0 aliphatic carbocycles. The molecule has 1 fully saturated rings. The van der Waals surface area contributed by atoms with Crippen LogP contribution in [0.2, 0.25) is 0 Å². The number of rotatable bonds is 4. The minimum Gasteiger partial charge on any atom is -0.348 e. The molecule has 0 unspecified atom stereocenters. The lowest BCUT2D eigenvalue weighted by Gasteiger charge is -2.41. The van der Waals surface area contributed by atoms with E-state index in [4.69, 9.17) is 0 Å². The molecular formula is C21H27N3O2S. The fraction of sp³-hybridized carbons (Fsp3) is 0.476. The molecule has 2 heterocycles. The van der Waals surface area contributed by atoms with Gasteiger partial charge in [0.1, 0.15) is 0 Å². The number of hydrogen-bond acceptors (Lipinski definition) is 4. The van der Waals surface area contributed by atoms with E-state index in [-0.39, 0.29) is 17.9 Å². The summed E-state index contributed by atoms with van der Waals surface area (Å²) in [6.45, 7) is 8.78. The fourth-order valence-electron chi connectivity index (χ4n) is 3.96. The Morgan fingerprint density at radius 1 is 1.19 bits per heavy atom. The number of thiazole rings is 1. The Kier molecular flexibility index (Phi) is 5.65. The minimum absolute atomic E-state index is 0.0369. The van der Waals surface area contributed by atoms with E-state index in [0.717, 1.165) is 21.1 Å². The van der Waals surface area contributed by atoms with Crippen molar-refractivity contribution in [3.05, 3.63) is 51.5 Å². The highest BCUT2D eigenvalue weighted by Gasteiger charge is 2.43. The molecule has 1 aromatic heterocycles. The maximum Gasteiger partial charge on any atom is 0.231 e. The molecule has 1 saturated heterocycles. The van der Waals surface area contributed by atoms with Gasteiger partial charge in [0, 0.05) is 24.9 Å². The second-order valence-electron chi connectivity index (χ2n) is 7.33. The molecule has 27 heavy (non-hydrogen) atoms. The van der Waals surface area contributed by atoms with Crippen molar-refractivity contribution < 1.29 is 9.59 Å². The predicted octanol–water partition coefficient (Wildman–Crippen LogP) is 3.52. The molecule has 1 aliphatic heterocycles. The number of aryl methyl sites for hydroxylation is 2. The summed E-state index contributed by atoms with van der Waals surface area (Å²) >= 11 is 1.63. The second-order valence-corrected chi connectivity index (χ2v) is 8.57. The third kappa shape index (κ3) is 3.90. The zero-order chi connectivity index (χ0) is 19.6. The van der Waals surface area contributed by atoms with Crippen LogP contribution in [0, 0.1) is 13.8 Å². The van der Waals surface area contributed by atoms with Crippen molar-refractivity contribution in [2.45, 2.75) is 52.0 Å². The zero-order valence-corrected chi connectivity index (χ0v) is 17.2. The average molecular weight is 386 g/mol. The number of hydrogen-bond donors (Lipinski definition) is 1. The van der Waals surface area contributed by atoms with Gasteiger partial charge in [0.2, 0.25) is 11.8 Å². The largest absolute Gasteiger partial charge is 0.348 e. The molecule has 0 spiro atoms. The third-order valence-electron chi connectivity index (χ3n) is 5.50. The lowest BCUT2D eigenvalue weighted by Crippen LogP contribution is -2.52. The lowest BCUT2D eigenvalue weighted by molar-refractivity contribution is -0.135. The van der Waals surface area contributed by atoms with E-state index in [1.54, 1.807) is 18.3 Å². The molecule has 2 amide bonds. The number of carbonyl (C=O) groups is 2. The van der Waals surface area contributed by atoms with E-state index in [2.05, 4.69) is 10.3 Å². The van der Waals surface area contributed by atoms with Crippen LogP contribution in [0.4, 0.5) is 0 Å². The van der Waals surface area contributed by atoms with Crippen molar-refractivity contribution in [1.29, 1.82) is 0 Å². The van der Waals surface area contributed by atoms with Gasteiger partial charge < -0.3 is 10.2 Å². The van der Waals surface area contributed by atoms with Gasteiger partial charge >= 0.3 is 0 Å². The Morgan fingerprint density at radius 3 is 2.33 bits per heavy atom. The second kappa shape index (κ2) is 7.80. The first-order chi connectivity index (χ1) is 12.8. The van der Waals surface area contributed by atoms with Gasteiger partial charge in [-0.05, 0) is 39.2 Å². The van der Waals surface area contributed by atoms with E-state index in [9.17, 15) is 9.59 Å². The van der Waals surface area contributed by atoms with Gasteiger partial charge in [0.15, 0.2) is 0 Å². The molecule has 5 nitrogen and oxygen atoms in total. The number of amides is 2. The number of nitrogens with zero attached hydrogens (tertiary/aromatic N) is 2. The average Bonchev–Trinajstić information content (AvgIpc) is 3.00. The first kappa shape index (κ1) is 19.5. The molecule has 1 N–H and O–H groups in total. The number of nitrogens with one attached hydrogen (secondary N) is 1. The third-order valence-corrected chi connectivity index (χ3v) is 6.76. The first-order valence-corrected chi connectivity index (χ1v) is 10.2. The summed E-state index contributed by atoms with van der Waals surface area (Å²) in [6, 6.07) is 9.87. The number of benzene rings is 1. The van der Waals surface area contributed by atoms with Gasteiger partial charge in [-0.25, -0.2) is 4.98 Å². The Hall–Kier alpha value is -2.21. The normalized spacial score (nSPS) is 17.4. The van der Waals surface area contributed by atoms with Crippen molar-refractivity contribution in [3.8, 4) is 0 Å². The van der Waals surface area contributed by atoms with Crippen LogP contribution in [0.25, 0.3) is 0 Å². The molecule has 2 aromatic rings. The smallest absolute Gasteiger partial charge is 0.231 e. The van der Waals surface area contributed by atoms with Gasteiger partial charge in [0.25, 0.3) is 0 Å². The summed E-state index contributed by atoms with van der Waals surface area (Å²) in [6.07, 6.45) is 1.27. The van der Waals surface area contributed by atoms with Crippen LogP contribution in [0.3, 0.4) is 0 Å². The highest BCUT2D eigenvalue weighted by molar-refractivity contribution is 7.11. The number of likely N-dealkylation sites (tertiary alicyclic amines) is 1. The summed E-state index contributed by atoms with van der Waals surface area (Å²) in [4.78, 5) is 32.6. The van der Waals surface area contributed by atoms with Crippen molar-refractivity contribution in [1.82, 2.24) is 15.2 Å². The van der Waals surface area contributed by atoms with E-state index in [1.807, 2.05) is 56.0 Å². The number of aromatic nitrogens is 1. The van der Waals surface area contributed by atoms with Crippen molar-refractivity contribution in [3.63, 3.8) is 0 Å². The Balaban J connectivity index is 1.86. The lowest BCUT2D eigenvalue weighted by atomic mass is 9.71. The van der Waals surface area contributed by atoms with Crippen LogP contribution in [0.1, 0.15) is 53.9 Å². The highest BCUT2D eigenvalue weighted by atomic mass is 32.1. The summed E-state index contributed by atoms with van der Waals surface area (Å²) in [7, 11) is 0. The number of carbonyl (C=O) groups excluding carboxylic acids is 2. The van der Waals surface area contributed by atoms with Gasteiger partial charge in [-0.3, -0.25) is 9.59 Å². The van der Waals surface area contributed by atoms with E-state index in [1.165, 1.54) is 0 Å². The summed E-state index contributed by atoms with van der Waals surface area (Å²) < 4.78 is 0. The monoisotopic (exact) mass is 385 g/mol. The maximum atomic E-state index is 13.5. The maximum absolute atomic E-state index is 13.5. The topological polar surface area (TPSA) is 62.3 Å². The summed E-state index contributed by atoms with van der Waals surface area (Å²) in [5.41, 5.74) is 1.40. The summed E-state index contributed by atoms with van der Waals surface area (Å²) in [5, 5.41) is 4.24. The number of piperidine rings is 1. The molecular weight excluding hydrogens is 358 g/mol. The molecule has 1 aliphatic rings.